The summed E-state index contributed by atoms with van der Waals surface area (Å²) in [6.45, 7) is 13.4. The summed E-state index contributed by atoms with van der Waals surface area (Å²) in [6.07, 6.45) is 36.4. The molecule has 2 aliphatic rings. The zero-order chi connectivity index (χ0) is 46.5. The van der Waals surface area contributed by atoms with Gasteiger partial charge in [-0.3, -0.25) is 0 Å². The first-order chi connectivity index (χ1) is 32.3. The van der Waals surface area contributed by atoms with Crippen LogP contribution in [0.4, 0.5) is 8.78 Å². The minimum Gasteiger partial charge on any atom is -0.206 e. The molecule has 4 nitrogen and oxygen atoms in total. The molecule has 2 heterocycles. The second-order valence-corrected chi connectivity index (χ2v) is 22.0. The van der Waals surface area contributed by atoms with Crippen LogP contribution < -0.4 is 0 Å². The lowest BCUT2D eigenvalue weighted by atomic mass is 9.68. The molecule has 66 heavy (non-hydrogen) atoms. The lowest BCUT2D eigenvalue weighted by Gasteiger charge is -2.35. The van der Waals surface area contributed by atoms with E-state index in [4.69, 9.17) is 17.5 Å². The number of aryl methyl sites for hydroxylation is 2. The Morgan fingerprint density at radius 1 is 0.364 bits per heavy atom. The molecule has 2 aromatic heterocycles. The molecule has 0 unspecified atom stereocenters. The molecule has 0 fully saturated rings. The van der Waals surface area contributed by atoms with E-state index in [9.17, 15) is 0 Å². The molecule has 362 valence electrons. The van der Waals surface area contributed by atoms with Gasteiger partial charge in [-0.05, 0) is 61.8 Å². The first kappa shape index (κ1) is 51.0. The first-order valence-electron chi connectivity index (χ1n) is 27.4. The van der Waals surface area contributed by atoms with E-state index in [1.54, 1.807) is 0 Å². The zero-order valence-electron chi connectivity index (χ0n) is 42.1. The van der Waals surface area contributed by atoms with Crippen molar-refractivity contribution in [3.63, 3.8) is 0 Å². The maximum Gasteiger partial charge on any atom is 0.136 e. The van der Waals surface area contributed by atoms with Gasteiger partial charge in [0.05, 0.1) is 23.5 Å². The molecule has 0 spiro atoms. The number of unbranched alkanes of at least 4 members (excludes halogenated alkanes) is 24. The molecule has 0 saturated heterocycles. The van der Waals surface area contributed by atoms with Gasteiger partial charge in [0.1, 0.15) is 33.7 Å². The third-order valence-electron chi connectivity index (χ3n) is 16.2. The first-order valence-corrected chi connectivity index (χ1v) is 28.9. The minimum atomic E-state index is -0.660. The lowest BCUT2D eigenvalue weighted by Crippen LogP contribution is -2.29. The predicted molar refractivity (Wildman–Crippen MR) is 281 cm³/mol. The Morgan fingerprint density at radius 3 is 0.909 bits per heavy atom. The highest BCUT2D eigenvalue weighted by Gasteiger charge is 2.54. The van der Waals surface area contributed by atoms with Crippen LogP contribution >= 0.6 is 23.5 Å². The number of fused-ring (bicyclic) bond motifs is 10. The van der Waals surface area contributed by atoms with Gasteiger partial charge in [0.25, 0.3) is 0 Å². The third kappa shape index (κ3) is 10.5. The number of hydrogen-bond donors (Lipinski definition) is 0. The standard InChI is InChI=1S/C58H84F2N4S2/c1-7-11-15-19-23-27-31-35-57(36-32-28-24-20-16-12-8-2)43-39-41(5)53-55(63-65-61-53)45(43)47-49(57)51(59)48-46-44(40-42(6)54-56(46)64-66-62-54)58(50(48)52(47)60,37-33-29-25-21-17-13-9-3)38-34-30-26-22-18-14-10-4/h39-40H,7-38H2,1-6H3. The van der Waals surface area contributed by atoms with E-state index >= 15 is 8.78 Å². The van der Waals surface area contributed by atoms with Gasteiger partial charge in [-0.1, -0.05) is 220 Å². The van der Waals surface area contributed by atoms with E-state index in [-0.39, 0.29) is 11.6 Å². The Kier molecular flexibility index (Phi) is 19.0. The van der Waals surface area contributed by atoms with Crippen LogP contribution in [0.15, 0.2) is 12.1 Å². The van der Waals surface area contributed by atoms with Crippen LogP contribution in [0.25, 0.3) is 44.3 Å². The van der Waals surface area contributed by atoms with Gasteiger partial charge in [-0.25, -0.2) is 8.78 Å². The molecule has 0 radical (unpaired) electrons. The molecule has 8 heteroatoms. The highest BCUT2D eigenvalue weighted by Crippen LogP contribution is 2.65. The molecule has 2 aliphatic carbocycles. The number of hydrogen-bond acceptors (Lipinski definition) is 6. The van der Waals surface area contributed by atoms with Crippen molar-refractivity contribution >= 4 is 45.5 Å². The molecule has 3 aromatic carbocycles. The number of nitrogens with zero attached hydrogens (tertiary/aromatic N) is 4. The molecular weight excluding hydrogens is 855 g/mol. The Morgan fingerprint density at radius 2 is 0.621 bits per heavy atom. The quantitative estimate of drug-likeness (QED) is 0.0403. The number of halogens is 2. The fraction of sp³-hybridized carbons (Fsp3) is 0.690. The van der Waals surface area contributed by atoms with Crippen LogP contribution in [0, 0.1) is 25.5 Å². The highest BCUT2D eigenvalue weighted by atomic mass is 32.1. The van der Waals surface area contributed by atoms with Crippen LogP contribution in [-0.4, -0.2) is 17.5 Å². The van der Waals surface area contributed by atoms with E-state index in [0.717, 1.165) is 132 Å². The molecule has 0 saturated carbocycles. The predicted octanol–water partition coefficient (Wildman–Crippen LogP) is 19.7. The van der Waals surface area contributed by atoms with Gasteiger partial charge in [0.15, 0.2) is 0 Å². The third-order valence-corrected chi connectivity index (χ3v) is 17.2. The second kappa shape index (κ2) is 24.6. The molecular formula is C58H84F2N4S2. The Labute approximate surface area is 407 Å². The van der Waals surface area contributed by atoms with Crippen molar-refractivity contribution in [2.45, 2.75) is 258 Å². The molecule has 5 aromatic rings. The molecule has 0 bridgehead atoms. The fourth-order valence-corrected chi connectivity index (χ4v) is 13.8. The summed E-state index contributed by atoms with van der Waals surface area (Å²) in [5.41, 5.74) is 10.1. The summed E-state index contributed by atoms with van der Waals surface area (Å²) in [6, 6.07) is 4.57. The number of benzene rings is 3. The maximum absolute atomic E-state index is 19.4. The van der Waals surface area contributed by atoms with Gasteiger partial charge in [0, 0.05) is 44.2 Å². The summed E-state index contributed by atoms with van der Waals surface area (Å²) >= 11 is 2.42. The van der Waals surface area contributed by atoms with Crippen LogP contribution in [0.1, 0.15) is 267 Å². The number of aromatic nitrogens is 4. The maximum atomic E-state index is 19.4. The second-order valence-electron chi connectivity index (χ2n) is 20.9. The molecule has 0 N–H and O–H groups in total. The minimum absolute atomic E-state index is 0.196. The van der Waals surface area contributed by atoms with Crippen molar-refractivity contribution in [2.75, 3.05) is 0 Å². The van der Waals surface area contributed by atoms with Crippen molar-refractivity contribution in [1.82, 2.24) is 17.5 Å². The van der Waals surface area contributed by atoms with Gasteiger partial charge >= 0.3 is 0 Å². The highest BCUT2D eigenvalue weighted by molar-refractivity contribution is 7.00. The Balaban J connectivity index is 1.43. The van der Waals surface area contributed by atoms with Crippen molar-refractivity contribution in [3.05, 3.63) is 57.1 Å². The van der Waals surface area contributed by atoms with Crippen molar-refractivity contribution in [2.24, 2.45) is 0 Å². The Bertz CT molecular complexity index is 2130. The van der Waals surface area contributed by atoms with E-state index in [0.29, 0.717) is 22.3 Å². The fourth-order valence-electron chi connectivity index (χ4n) is 12.6. The summed E-state index contributed by atoms with van der Waals surface area (Å²) in [5.74, 6) is -0.393. The van der Waals surface area contributed by atoms with E-state index in [2.05, 4.69) is 53.7 Å². The summed E-state index contributed by atoms with van der Waals surface area (Å²) < 4.78 is 58.4. The van der Waals surface area contributed by atoms with E-state index < -0.39 is 10.8 Å². The average molecular weight is 939 g/mol. The van der Waals surface area contributed by atoms with E-state index in [1.165, 1.54) is 152 Å². The summed E-state index contributed by atoms with van der Waals surface area (Å²) in [7, 11) is 0. The largest absolute Gasteiger partial charge is 0.206 e. The molecule has 0 atom stereocenters. The molecule has 7 rings (SSSR count). The van der Waals surface area contributed by atoms with Crippen molar-refractivity contribution in [1.29, 1.82) is 0 Å². The normalized spacial score (nSPS) is 14.4. The van der Waals surface area contributed by atoms with Gasteiger partial charge in [-0.2, -0.15) is 17.5 Å². The summed E-state index contributed by atoms with van der Waals surface area (Å²) in [5, 5.41) is 0. The van der Waals surface area contributed by atoms with Crippen molar-refractivity contribution in [3.8, 4) is 22.3 Å². The molecule has 0 aliphatic heterocycles. The van der Waals surface area contributed by atoms with Crippen LogP contribution in [0.2, 0.25) is 0 Å². The SMILES string of the molecule is CCCCCCCCCC1(CCCCCCCCC)c2cc(C)c3nsnc3c2-c2c(F)c3c(c(F)c21)-c1c(cc(C)c2nsnc12)C3(CCCCCCCCC)CCCCCCCCC. The van der Waals surface area contributed by atoms with E-state index in [1.807, 2.05) is 0 Å². The number of rotatable bonds is 32. The molecule has 0 amide bonds. The Hall–Kier alpha value is -2.84. The van der Waals surface area contributed by atoms with Crippen LogP contribution in [-0.2, 0) is 10.8 Å². The smallest absolute Gasteiger partial charge is 0.136 e. The zero-order valence-corrected chi connectivity index (χ0v) is 43.8. The average Bonchev–Trinajstić information content (AvgIpc) is 4.11. The topological polar surface area (TPSA) is 51.6 Å². The van der Waals surface area contributed by atoms with Gasteiger partial charge in [0.2, 0.25) is 0 Å². The van der Waals surface area contributed by atoms with Crippen molar-refractivity contribution < 1.29 is 8.78 Å². The summed E-state index contributed by atoms with van der Waals surface area (Å²) in [4.78, 5) is 0. The van der Waals surface area contributed by atoms with Gasteiger partial charge in [-0.15, -0.1) is 0 Å². The van der Waals surface area contributed by atoms with Gasteiger partial charge < -0.3 is 0 Å². The monoisotopic (exact) mass is 939 g/mol. The van der Waals surface area contributed by atoms with Crippen LogP contribution in [0.3, 0.4) is 0 Å². The van der Waals surface area contributed by atoms with Crippen LogP contribution in [0.5, 0.6) is 0 Å². The lowest BCUT2D eigenvalue weighted by molar-refractivity contribution is 0.374.